The summed E-state index contributed by atoms with van der Waals surface area (Å²) >= 11 is 9.62. The van der Waals surface area contributed by atoms with Crippen molar-refractivity contribution in [3.8, 4) is 5.75 Å². The maximum Gasteiger partial charge on any atom is 0.169 e. The minimum absolute atomic E-state index is 0. The van der Waals surface area contributed by atoms with Gasteiger partial charge in [0.2, 0.25) is 0 Å². The summed E-state index contributed by atoms with van der Waals surface area (Å²) in [6.45, 7) is 8.92. The summed E-state index contributed by atoms with van der Waals surface area (Å²) in [6.07, 6.45) is 0.980. The summed E-state index contributed by atoms with van der Waals surface area (Å²) in [5, 5.41) is 0.804. The second kappa shape index (κ2) is 10.2. The van der Waals surface area contributed by atoms with Crippen molar-refractivity contribution in [1.82, 2.24) is 0 Å². The average molecular weight is 510 g/mol. The van der Waals surface area contributed by atoms with E-state index in [1.165, 1.54) is 5.56 Å². The van der Waals surface area contributed by atoms with Gasteiger partial charge in [-0.15, -0.1) is 0 Å². The van der Waals surface area contributed by atoms with Gasteiger partial charge in [-0.2, -0.15) is 0 Å². The molecular weight excluding hydrogens is 481 g/mol. The number of aryl methyl sites for hydroxylation is 1. The zero-order valence-corrected chi connectivity index (χ0v) is 20.0. The first-order valence-electron chi connectivity index (χ1n) is 8.67. The van der Waals surface area contributed by atoms with Gasteiger partial charge in [-0.25, -0.2) is 0 Å². The van der Waals surface area contributed by atoms with Gasteiger partial charge in [-0.1, -0.05) is 25.4 Å². The largest absolute Gasteiger partial charge is 1.00 e. The Morgan fingerprint density at radius 1 is 1.23 bits per heavy atom. The van der Waals surface area contributed by atoms with Crippen LogP contribution in [0.3, 0.4) is 0 Å². The summed E-state index contributed by atoms with van der Waals surface area (Å²) < 4.78 is 13.3. The van der Waals surface area contributed by atoms with E-state index in [0.29, 0.717) is 12.5 Å². The third-order valence-corrected chi connectivity index (χ3v) is 5.12. The molecule has 3 nitrogen and oxygen atoms in total. The highest BCUT2D eigenvalue weighted by atomic mass is 79.9. The summed E-state index contributed by atoms with van der Waals surface area (Å²) in [4.78, 5) is 0. The third-order valence-electron chi connectivity index (χ3n) is 4.29. The number of hydrogen-bond acceptors (Lipinski definition) is 2. The number of quaternary nitrogens is 1. The van der Waals surface area contributed by atoms with E-state index < -0.39 is 0 Å². The summed E-state index contributed by atoms with van der Waals surface area (Å²) in [5.74, 6) is 2.34. The monoisotopic (exact) mass is 507 g/mol. The van der Waals surface area contributed by atoms with E-state index >= 15 is 0 Å². The molecule has 0 aliphatic rings. The van der Waals surface area contributed by atoms with Gasteiger partial charge in [0.05, 0.1) is 27.2 Å². The fourth-order valence-corrected chi connectivity index (χ4v) is 3.37. The molecule has 146 valence electrons. The van der Waals surface area contributed by atoms with Gasteiger partial charge in [-0.05, 0) is 64.2 Å². The molecule has 2 aromatic rings. The lowest BCUT2D eigenvalue weighted by Crippen LogP contribution is -3.00. The fourth-order valence-electron chi connectivity index (χ4n) is 2.86. The molecule has 0 spiro atoms. The second-order valence-electron chi connectivity index (χ2n) is 7.52. The van der Waals surface area contributed by atoms with Gasteiger partial charge in [0.1, 0.15) is 12.3 Å². The Bertz CT molecular complexity index is 714. The Kier molecular flexibility index (Phi) is 9.21. The van der Waals surface area contributed by atoms with Crippen molar-refractivity contribution in [2.24, 2.45) is 0 Å². The quantitative estimate of drug-likeness (QED) is 0.403. The lowest BCUT2D eigenvalue weighted by molar-refractivity contribution is -0.904. The molecule has 2 rings (SSSR count). The zero-order chi connectivity index (χ0) is 18.6. The highest BCUT2D eigenvalue weighted by Gasteiger charge is 2.18. The molecule has 0 radical (unpaired) electrons. The van der Waals surface area contributed by atoms with Crippen LogP contribution in [0, 0.1) is 6.92 Å². The Hall–Kier alpha value is -0.490. The van der Waals surface area contributed by atoms with Gasteiger partial charge < -0.3 is 30.6 Å². The SMILES string of the molecule is Cc1cc(OCCC[N+](C)(C)Cc2ccc(Br)o2)c(C(C)C)cc1Cl.[Br-]. The van der Waals surface area contributed by atoms with Crippen LogP contribution >= 0.6 is 27.5 Å². The highest BCUT2D eigenvalue weighted by Crippen LogP contribution is 2.32. The van der Waals surface area contributed by atoms with Crippen molar-refractivity contribution >= 4 is 27.5 Å². The molecule has 0 atom stereocenters. The number of hydrogen-bond donors (Lipinski definition) is 0. The van der Waals surface area contributed by atoms with Crippen LogP contribution in [0.15, 0.2) is 33.4 Å². The predicted octanol–water partition coefficient (Wildman–Crippen LogP) is 3.18. The van der Waals surface area contributed by atoms with E-state index in [1.807, 2.05) is 25.1 Å². The van der Waals surface area contributed by atoms with Gasteiger partial charge >= 0.3 is 0 Å². The first-order chi connectivity index (χ1) is 11.7. The lowest BCUT2D eigenvalue weighted by Gasteiger charge is -2.28. The molecule has 0 saturated heterocycles. The molecule has 0 amide bonds. The van der Waals surface area contributed by atoms with Crippen LogP contribution in [0.5, 0.6) is 5.75 Å². The van der Waals surface area contributed by atoms with Crippen molar-refractivity contribution in [3.63, 3.8) is 0 Å². The van der Waals surface area contributed by atoms with Crippen LogP contribution in [0.1, 0.15) is 43.1 Å². The topological polar surface area (TPSA) is 22.4 Å². The first-order valence-corrected chi connectivity index (χ1v) is 9.84. The van der Waals surface area contributed by atoms with E-state index in [-0.39, 0.29) is 17.0 Å². The molecule has 26 heavy (non-hydrogen) atoms. The average Bonchev–Trinajstić information content (AvgIpc) is 2.90. The second-order valence-corrected chi connectivity index (χ2v) is 8.71. The predicted molar refractivity (Wildman–Crippen MR) is 107 cm³/mol. The fraction of sp³-hybridized carbons (Fsp3) is 0.500. The first kappa shape index (κ1) is 23.5. The van der Waals surface area contributed by atoms with Crippen LogP contribution in [-0.4, -0.2) is 31.7 Å². The van der Waals surface area contributed by atoms with Gasteiger partial charge in [0.25, 0.3) is 0 Å². The van der Waals surface area contributed by atoms with Crippen molar-refractivity contribution in [2.75, 3.05) is 27.2 Å². The Morgan fingerprint density at radius 3 is 2.50 bits per heavy atom. The van der Waals surface area contributed by atoms with E-state index in [1.54, 1.807) is 0 Å². The Balaban J connectivity index is 0.00000338. The highest BCUT2D eigenvalue weighted by molar-refractivity contribution is 9.10. The third kappa shape index (κ3) is 6.91. The molecule has 1 aromatic carbocycles. The van der Waals surface area contributed by atoms with Crippen molar-refractivity contribution < 1.29 is 30.6 Å². The molecular formula is C20H28Br2ClNO2. The number of furan rings is 1. The summed E-state index contributed by atoms with van der Waals surface area (Å²) in [7, 11) is 4.42. The van der Waals surface area contributed by atoms with E-state index in [2.05, 4.69) is 49.9 Å². The van der Waals surface area contributed by atoms with Crippen molar-refractivity contribution in [3.05, 3.63) is 50.8 Å². The number of halogens is 3. The molecule has 1 heterocycles. The van der Waals surface area contributed by atoms with Crippen molar-refractivity contribution in [2.45, 2.75) is 39.7 Å². The Labute approximate surface area is 181 Å². The van der Waals surface area contributed by atoms with Gasteiger partial charge in [0, 0.05) is 11.4 Å². The number of rotatable bonds is 8. The molecule has 0 unspecified atom stereocenters. The van der Waals surface area contributed by atoms with Crippen LogP contribution in [0.2, 0.25) is 5.02 Å². The number of ether oxygens (including phenoxy) is 1. The normalized spacial score (nSPS) is 11.5. The van der Waals surface area contributed by atoms with Crippen LogP contribution < -0.4 is 21.7 Å². The van der Waals surface area contributed by atoms with Crippen LogP contribution in [0.4, 0.5) is 0 Å². The molecule has 0 aliphatic carbocycles. The Morgan fingerprint density at radius 2 is 1.92 bits per heavy atom. The van der Waals surface area contributed by atoms with E-state index in [0.717, 1.165) is 50.8 Å². The van der Waals surface area contributed by atoms with Crippen LogP contribution in [0.25, 0.3) is 0 Å². The number of benzene rings is 1. The molecule has 0 fully saturated rings. The lowest BCUT2D eigenvalue weighted by atomic mass is 10.0. The minimum atomic E-state index is 0. The van der Waals surface area contributed by atoms with E-state index in [9.17, 15) is 0 Å². The maximum atomic E-state index is 6.26. The number of nitrogens with zero attached hydrogens (tertiary/aromatic N) is 1. The maximum absolute atomic E-state index is 6.26. The standard InChI is InChI=1S/C20H28BrClNO2.BrH/c1-14(2)17-12-18(22)15(3)11-19(17)24-10-6-9-23(4,5)13-16-7-8-20(21)25-16;/h7-8,11-12,14H,6,9-10,13H2,1-5H3;1H/q+1;/p-1. The molecule has 0 aliphatic heterocycles. The smallest absolute Gasteiger partial charge is 0.169 e. The van der Waals surface area contributed by atoms with Crippen LogP contribution in [-0.2, 0) is 6.54 Å². The molecule has 1 aromatic heterocycles. The molecule has 0 saturated carbocycles. The van der Waals surface area contributed by atoms with Gasteiger partial charge in [0.15, 0.2) is 10.4 Å². The minimum Gasteiger partial charge on any atom is -1.00 e. The zero-order valence-electron chi connectivity index (χ0n) is 16.1. The summed E-state index contributed by atoms with van der Waals surface area (Å²) in [5.41, 5.74) is 2.23. The molecule has 0 N–H and O–H groups in total. The molecule has 6 heteroatoms. The molecule has 0 bridgehead atoms. The van der Waals surface area contributed by atoms with Gasteiger partial charge in [-0.3, -0.25) is 0 Å². The summed E-state index contributed by atoms with van der Waals surface area (Å²) in [6, 6.07) is 8.05. The van der Waals surface area contributed by atoms with E-state index in [4.69, 9.17) is 20.8 Å². The van der Waals surface area contributed by atoms with Crippen molar-refractivity contribution in [1.29, 1.82) is 0 Å².